The van der Waals surface area contributed by atoms with Crippen LogP contribution in [0, 0.1) is 17.7 Å². The molecule has 0 unspecified atom stereocenters. The van der Waals surface area contributed by atoms with E-state index in [4.69, 9.17) is 14.6 Å². The van der Waals surface area contributed by atoms with E-state index in [0.717, 1.165) is 23.4 Å². The predicted molar refractivity (Wildman–Crippen MR) is 137 cm³/mol. The quantitative estimate of drug-likeness (QED) is 0.347. The maximum atomic E-state index is 14.4. The van der Waals surface area contributed by atoms with Gasteiger partial charge in [0.15, 0.2) is 11.6 Å². The molecule has 7 heteroatoms. The summed E-state index contributed by atoms with van der Waals surface area (Å²) >= 11 is 0. The Hall–Kier alpha value is -2.74. The van der Waals surface area contributed by atoms with Crippen molar-refractivity contribution in [2.24, 2.45) is 18.9 Å². The number of nitrogens with zero attached hydrogens (tertiary/aromatic N) is 3. The van der Waals surface area contributed by atoms with Crippen molar-refractivity contribution < 1.29 is 19.0 Å². The zero-order chi connectivity index (χ0) is 25.4. The second-order valence-corrected chi connectivity index (χ2v) is 9.83. The SMILES string of the molecule is CC(C)COC[C@H](O)CN(Cc1c(-c2ccccc2)nn(C)c1Oc1ccccc1F)CC(C)C. The van der Waals surface area contributed by atoms with Crippen LogP contribution in [-0.4, -0.2) is 52.2 Å². The van der Waals surface area contributed by atoms with E-state index in [2.05, 4.69) is 32.6 Å². The molecule has 0 aliphatic carbocycles. The van der Waals surface area contributed by atoms with E-state index in [1.54, 1.807) is 29.9 Å². The Labute approximate surface area is 208 Å². The Balaban J connectivity index is 1.93. The number of aromatic nitrogens is 2. The Morgan fingerprint density at radius 3 is 2.29 bits per heavy atom. The normalized spacial score (nSPS) is 12.6. The van der Waals surface area contributed by atoms with Crippen LogP contribution in [0.3, 0.4) is 0 Å². The molecular weight excluding hydrogens is 445 g/mol. The lowest BCUT2D eigenvalue weighted by molar-refractivity contribution is 0.00516. The average molecular weight is 484 g/mol. The highest BCUT2D eigenvalue weighted by Gasteiger charge is 2.24. The Kier molecular flexibility index (Phi) is 9.83. The fourth-order valence-corrected chi connectivity index (χ4v) is 4.02. The van der Waals surface area contributed by atoms with Gasteiger partial charge < -0.3 is 14.6 Å². The molecule has 190 valence electrons. The maximum absolute atomic E-state index is 14.4. The first kappa shape index (κ1) is 26.9. The van der Waals surface area contributed by atoms with E-state index in [0.29, 0.717) is 37.4 Å². The summed E-state index contributed by atoms with van der Waals surface area (Å²) in [6.07, 6.45) is -0.625. The summed E-state index contributed by atoms with van der Waals surface area (Å²) in [5, 5.41) is 15.4. The van der Waals surface area contributed by atoms with Crippen molar-refractivity contribution in [1.82, 2.24) is 14.7 Å². The van der Waals surface area contributed by atoms with E-state index in [1.165, 1.54) is 6.07 Å². The number of aliphatic hydroxyl groups is 1. The standard InChI is InChI=1S/C28H38FN3O3/c1-20(2)15-32(16-23(33)19-34-18-21(3)4)17-24-27(22-11-7-6-8-12-22)30-31(5)28(24)35-26-14-10-9-13-25(26)29/h6-14,20-21,23,33H,15-19H2,1-5H3/t23-/m1/s1. The molecule has 3 rings (SSSR count). The van der Waals surface area contributed by atoms with Crippen LogP contribution >= 0.6 is 0 Å². The monoisotopic (exact) mass is 483 g/mol. The number of benzene rings is 2. The van der Waals surface area contributed by atoms with Crippen molar-refractivity contribution >= 4 is 0 Å². The summed E-state index contributed by atoms with van der Waals surface area (Å²) in [7, 11) is 1.80. The van der Waals surface area contributed by atoms with Crippen molar-refractivity contribution in [3.05, 3.63) is 66.0 Å². The van der Waals surface area contributed by atoms with E-state index in [9.17, 15) is 9.50 Å². The lowest BCUT2D eigenvalue weighted by Gasteiger charge is -2.27. The van der Waals surface area contributed by atoms with Crippen molar-refractivity contribution in [2.45, 2.75) is 40.3 Å². The molecule has 1 atom stereocenters. The molecule has 1 aromatic heterocycles. The molecule has 2 aromatic carbocycles. The summed E-state index contributed by atoms with van der Waals surface area (Å²) in [5.41, 5.74) is 2.57. The first-order valence-corrected chi connectivity index (χ1v) is 12.3. The maximum Gasteiger partial charge on any atom is 0.222 e. The minimum absolute atomic E-state index is 0.147. The number of hydrogen-bond donors (Lipinski definition) is 1. The zero-order valence-corrected chi connectivity index (χ0v) is 21.4. The fraction of sp³-hybridized carbons (Fsp3) is 0.464. The first-order chi connectivity index (χ1) is 16.7. The highest BCUT2D eigenvalue weighted by molar-refractivity contribution is 5.65. The molecular formula is C28H38FN3O3. The summed E-state index contributed by atoms with van der Waals surface area (Å²) in [4.78, 5) is 2.19. The van der Waals surface area contributed by atoms with Gasteiger partial charge in [0.05, 0.1) is 18.3 Å². The highest BCUT2D eigenvalue weighted by Crippen LogP contribution is 2.35. The van der Waals surface area contributed by atoms with Crippen molar-refractivity contribution in [3.63, 3.8) is 0 Å². The summed E-state index contributed by atoms with van der Waals surface area (Å²) in [6, 6.07) is 16.2. The van der Waals surface area contributed by atoms with Gasteiger partial charge in [-0.3, -0.25) is 4.90 Å². The fourth-order valence-electron chi connectivity index (χ4n) is 4.02. The van der Waals surface area contributed by atoms with E-state index >= 15 is 0 Å². The predicted octanol–water partition coefficient (Wildman–Crippen LogP) is 5.51. The molecule has 3 aromatic rings. The van der Waals surface area contributed by atoms with Crippen LogP contribution in [0.15, 0.2) is 54.6 Å². The number of para-hydroxylation sites is 1. The smallest absolute Gasteiger partial charge is 0.222 e. The third-order valence-corrected chi connectivity index (χ3v) is 5.41. The lowest BCUT2D eigenvalue weighted by Crippen LogP contribution is -2.37. The van der Waals surface area contributed by atoms with Crippen LogP contribution in [-0.2, 0) is 18.3 Å². The molecule has 6 nitrogen and oxygen atoms in total. The zero-order valence-electron chi connectivity index (χ0n) is 21.4. The van der Waals surface area contributed by atoms with Gasteiger partial charge in [-0.15, -0.1) is 0 Å². The average Bonchev–Trinajstić information content (AvgIpc) is 3.10. The molecule has 0 spiro atoms. The molecule has 0 aliphatic rings. The Morgan fingerprint density at radius 2 is 1.63 bits per heavy atom. The molecule has 35 heavy (non-hydrogen) atoms. The Bertz CT molecular complexity index is 1050. The summed E-state index contributed by atoms with van der Waals surface area (Å²) in [6.45, 7) is 11.1. The molecule has 0 bridgehead atoms. The number of ether oxygens (including phenoxy) is 2. The van der Waals surface area contributed by atoms with Gasteiger partial charge in [-0.05, 0) is 24.0 Å². The van der Waals surface area contributed by atoms with Gasteiger partial charge in [-0.1, -0.05) is 70.2 Å². The topological polar surface area (TPSA) is 59.8 Å². The Morgan fingerprint density at radius 1 is 0.943 bits per heavy atom. The van der Waals surface area contributed by atoms with Crippen molar-refractivity contribution in [2.75, 3.05) is 26.3 Å². The summed E-state index contributed by atoms with van der Waals surface area (Å²) in [5.74, 6) is 0.988. The number of rotatable bonds is 13. The molecule has 0 aliphatic heterocycles. The van der Waals surface area contributed by atoms with Crippen LogP contribution < -0.4 is 4.74 Å². The van der Waals surface area contributed by atoms with Gasteiger partial charge in [0, 0.05) is 38.9 Å². The lowest BCUT2D eigenvalue weighted by atomic mass is 10.1. The molecule has 0 saturated heterocycles. The molecule has 0 radical (unpaired) electrons. The van der Waals surface area contributed by atoms with Crippen LogP contribution in [0.1, 0.15) is 33.3 Å². The van der Waals surface area contributed by atoms with E-state index in [-0.39, 0.29) is 12.4 Å². The van der Waals surface area contributed by atoms with Crippen molar-refractivity contribution in [3.8, 4) is 22.9 Å². The van der Waals surface area contributed by atoms with Crippen LogP contribution in [0.2, 0.25) is 0 Å². The number of aryl methyl sites for hydroxylation is 1. The van der Waals surface area contributed by atoms with Gasteiger partial charge in [0.2, 0.25) is 5.88 Å². The van der Waals surface area contributed by atoms with Gasteiger partial charge in [-0.25, -0.2) is 9.07 Å². The third kappa shape index (κ3) is 7.88. The molecule has 0 amide bonds. The summed E-state index contributed by atoms with van der Waals surface area (Å²) < 4.78 is 27.8. The molecule has 1 N–H and O–H groups in total. The van der Waals surface area contributed by atoms with Gasteiger partial charge in [-0.2, -0.15) is 5.10 Å². The number of halogens is 1. The third-order valence-electron chi connectivity index (χ3n) is 5.41. The van der Waals surface area contributed by atoms with Crippen LogP contribution in [0.4, 0.5) is 4.39 Å². The molecule has 0 fully saturated rings. The van der Waals surface area contributed by atoms with Crippen molar-refractivity contribution in [1.29, 1.82) is 0 Å². The van der Waals surface area contributed by atoms with Crippen LogP contribution in [0.25, 0.3) is 11.3 Å². The largest absolute Gasteiger partial charge is 0.436 e. The number of hydrogen-bond acceptors (Lipinski definition) is 5. The molecule has 0 saturated carbocycles. The van der Waals surface area contributed by atoms with Gasteiger partial charge in [0.1, 0.15) is 5.69 Å². The van der Waals surface area contributed by atoms with Gasteiger partial charge >= 0.3 is 0 Å². The number of aliphatic hydroxyl groups excluding tert-OH is 1. The minimum Gasteiger partial charge on any atom is -0.436 e. The second-order valence-electron chi connectivity index (χ2n) is 9.83. The van der Waals surface area contributed by atoms with E-state index in [1.807, 2.05) is 30.3 Å². The highest BCUT2D eigenvalue weighted by atomic mass is 19.1. The molecule has 1 heterocycles. The first-order valence-electron chi connectivity index (χ1n) is 12.3. The second kappa shape index (κ2) is 12.8. The van der Waals surface area contributed by atoms with E-state index < -0.39 is 11.9 Å². The van der Waals surface area contributed by atoms with Crippen LogP contribution in [0.5, 0.6) is 11.6 Å². The minimum atomic E-state index is -0.625. The van der Waals surface area contributed by atoms with Gasteiger partial charge in [0.25, 0.3) is 0 Å².